The fraction of sp³-hybridized carbons (Fsp3) is 0.600. The van der Waals surface area contributed by atoms with Crippen LogP contribution in [-0.2, 0) is 11.3 Å². The molecule has 0 heterocycles. The molecule has 1 N–H and O–H groups in total. The van der Waals surface area contributed by atoms with Crippen molar-refractivity contribution in [1.29, 1.82) is 0 Å². The summed E-state index contributed by atoms with van der Waals surface area (Å²) in [5.74, 6) is 0. The lowest BCUT2D eigenvalue weighted by Gasteiger charge is -2.22. The molecule has 0 unspecified atom stereocenters. The van der Waals surface area contributed by atoms with Crippen molar-refractivity contribution in [3.8, 4) is 0 Å². The maximum atomic E-state index is 6.34. The third kappa shape index (κ3) is 5.81. The molecule has 0 aliphatic carbocycles. The summed E-state index contributed by atoms with van der Waals surface area (Å²) >= 11 is 6.34. The van der Waals surface area contributed by atoms with Gasteiger partial charge in [-0.25, -0.2) is 0 Å². The number of hydrogen-bond donors (Lipinski definition) is 1. The molecule has 19 heavy (non-hydrogen) atoms. The molecule has 0 spiro atoms. The number of methoxy groups -OCH3 is 1. The molecular weight excluding hydrogens is 260 g/mol. The summed E-state index contributed by atoms with van der Waals surface area (Å²) in [6.07, 6.45) is 0. The van der Waals surface area contributed by atoms with Crippen LogP contribution < -0.4 is 10.2 Å². The first-order valence-electron chi connectivity index (χ1n) is 6.57. The number of anilines is 1. The zero-order valence-corrected chi connectivity index (χ0v) is 13.3. The van der Waals surface area contributed by atoms with Gasteiger partial charge in [0.25, 0.3) is 0 Å². The Balaban J connectivity index is 2.69. The van der Waals surface area contributed by atoms with Gasteiger partial charge in [0, 0.05) is 43.5 Å². The Bertz CT molecular complexity index is 402. The van der Waals surface area contributed by atoms with Gasteiger partial charge in [-0.3, -0.25) is 0 Å². The fourth-order valence-corrected chi connectivity index (χ4v) is 1.88. The number of halogens is 1. The smallest absolute Gasteiger partial charge is 0.0637 e. The molecule has 0 atom stereocenters. The third-order valence-corrected chi connectivity index (χ3v) is 3.27. The van der Waals surface area contributed by atoms with E-state index in [9.17, 15) is 0 Å². The lowest BCUT2D eigenvalue weighted by molar-refractivity contribution is 0.206. The van der Waals surface area contributed by atoms with Crippen LogP contribution in [0.5, 0.6) is 0 Å². The summed E-state index contributed by atoms with van der Waals surface area (Å²) < 4.78 is 5.08. The largest absolute Gasteiger partial charge is 0.383 e. The lowest BCUT2D eigenvalue weighted by Crippen LogP contribution is -2.35. The number of likely N-dealkylation sites (N-methyl/N-ethyl adjacent to an activating group) is 1. The van der Waals surface area contributed by atoms with Crippen molar-refractivity contribution in [3.63, 3.8) is 0 Å². The maximum absolute atomic E-state index is 6.34. The highest BCUT2D eigenvalue weighted by atomic mass is 35.5. The van der Waals surface area contributed by atoms with E-state index >= 15 is 0 Å². The summed E-state index contributed by atoms with van der Waals surface area (Å²) in [7, 11) is 3.75. The lowest BCUT2D eigenvalue weighted by atomic mass is 10.1. The number of ether oxygens (including phenoxy) is 1. The van der Waals surface area contributed by atoms with Gasteiger partial charge in [0.2, 0.25) is 0 Å². The molecule has 0 fully saturated rings. The van der Waals surface area contributed by atoms with Gasteiger partial charge >= 0.3 is 0 Å². The van der Waals surface area contributed by atoms with Crippen molar-refractivity contribution in [2.45, 2.75) is 32.9 Å². The molecule has 0 amide bonds. The molecule has 0 radical (unpaired) electrons. The molecule has 0 saturated carbocycles. The van der Waals surface area contributed by atoms with Crippen molar-refractivity contribution in [3.05, 3.63) is 28.8 Å². The standard InChI is InChI=1S/C15H25ClN2O/c1-15(2,3)17-11-12-6-7-13(10-14(12)16)18(4)8-9-19-5/h6-7,10,17H,8-9,11H2,1-5H3. The van der Waals surface area contributed by atoms with Gasteiger partial charge in [0.05, 0.1) is 6.61 Å². The zero-order valence-electron chi connectivity index (χ0n) is 12.6. The Labute approximate surface area is 121 Å². The van der Waals surface area contributed by atoms with Crippen LogP contribution in [0.2, 0.25) is 5.02 Å². The van der Waals surface area contributed by atoms with Gasteiger partial charge in [-0.05, 0) is 38.5 Å². The van der Waals surface area contributed by atoms with Gasteiger partial charge in [-0.15, -0.1) is 0 Å². The van der Waals surface area contributed by atoms with Crippen LogP contribution in [0.3, 0.4) is 0 Å². The Kier molecular flexibility index (Phi) is 6.11. The topological polar surface area (TPSA) is 24.5 Å². The van der Waals surface area contributed by atoms with Crippen molar-refractivity contribution in [2.24, 2.45) is 0 Å². The molecule has 0 aliphatic heterocycles. The van der Waals surface area contributed by atoms with Crippen molar-refractivity contribution < 1.29 is 4.74 Å². The molecule has 1 rings (SSSR count). The van der Waals surface area contributed by atoms with E-state index in [1.165, 1.54) is 0 Å². The van der Waals surface area contributed by atoms with Crippen LogP contribution in [-0.4, -0.2) is 32.8 Å². The van der Waals surface area contributed by atoms with Crippen LogP contribution >= 0.6 is 11.6 Å². The van der Waals surface area contributed by atoms with Gasteiger partial charge in [-0.1, -0.05) is 17.7 Å². The van der Waals surface area contributed by atoms with E-state index < -0.39 is 0 Å². The first-order chi connectivity index (χ1) is 8.83. The quantitative estimate of drug-likeness (QED) is 0.867. The minimum absolute atomic E-state index is 0.0945. The number of hydrogen-bond acceptors (Lipinski definition) is 3. The van der Waals surface area contributed by atoms with Gasteiger partial charge in [0.15, 0.2) is 0 Å². The minimum Gasteiger partial charge on any atom is -0.383 e. The van der Waals surface area contributed by atoms with Gasteiger partial charge in [-0.2, -0.15) is 0 Å². The molecular formula is C15H25ClN2O. The summed E-state index contributed by atoms with van der Waals surface area (Å²) in [4.78, 5) is 2.14. The summed E-state index contributed by atoms with van der Waals surface area (Å²) in [6.45, 7) is 8.79. The van der Waals surface area contributed by atoms with E-state index in [4.69, 9.17) is 16.3 Å². The average molecular weight is 285 g/mol. The van der Waals surface area contributed by atoms with E-state index in [-0.39, 0.29) is 5.54 Å². The fourth-order valence-electron chi connectivity index (χ4n) is 1.63. The number of benzene rings is 1. The molecule has 1 aromatic carbocycles. The van der Waals surface area contributed by atoms with Crippen LogP contribution in [0.1, 0.15) is 26.3 Å². The van der Waals surface area contributed by atoms with Crippen molar-refractivity contribution >= 4 is 17.3 Å². The summed E-state index contributed by atoms with van der Waals surface area (Å²) in [6, 6.07) is 6.19. The first kappa shape index (κ1) is 16.3. The Morgan fingerprint density at radius 3 is 2.53 bits per heavy atom. The molecule has 108 valence electrons. The predicted octanol–water partition coefficient (Wildman–Crippen LogP) is 3.31. The molecule has 3 nitrogen and oxygen atoms in total. The Morgan fingerprint density at radius 1 is 1.32 bits per heavy atom. The SMILES string of the molecule is COCCN(C)c1ccc(CNC(C)(C)C)c(Cl)c1. The normalized spacial score (nSPS) is 11.7. The number of rotatable bonds is 6. The van der Waals surface area contributed by atoms with Crippen LogP contribution in [0.25, 0.3) is 0 Å². The first-order valence-corrected chi connectivity index (χ1v) is 6.95. The van der Waals surface area contributed by atoms with Gasteiger partial charge in [0.1, 0.15) is 0 Å². The summed E-state index contributed by atoms with van der Waals surface area (Å²) in [5.41, 5.74) is 2.33. The van der Waals surface area contributed by atoms with Gasteiger partial charge < -0.3 is 15.0 Å². The minimum atomic E-state index is 0.0945. The Hall–Kier alpha value is -0.770. The molecule has 0 aliphatic rings. The van der Waals surface area contributed by atoms with E-state index in [1.54, 1.807) is 7.11 Å². The molecule has 0 saturated heterocycles. The number of nitrogens with one attached hydrogen (secondary N) is 1. The van der Waals surface area contributed by atoms with Crippen molar-refractivity contribution in [1.82, 2.24) is 5.32 Å². The highest BCUT2D eigenvalue weighted by molar-refractivity contribution is 6.31. The number of nitrogens with zero attached hydrogens (tertiary/aromatic N) is 1. The highest BCUT2D eigenvalue weighted by Gasteiger charge is 2.11. The molecule has 4 heteroatoms. The Morgan fingerprint density at radius 2 is 2.00 bits per heavy atom. The second-order valence-corrected chi connectivity index (χ2v) is 6.20. The molecule has 0 aromatic heterocycles. The van der Waals surface area contributed by atoms with E-state index in [1.807, 2.05) is 13.1 Å². The third-order valence-electron chi connectivity index (χ3n) is 2.92. The highest BCUT2D eigenvalue weighted by Crippen LogP contribution is 2.23. The van der Waals surface area contributed by atoms with Crippen LogP contribution in [0.15, 0.2) is 18.2 Å². The summed E-state index contributed by atoms with van der Waals surface area (Å²) in [5, 5.41) is 4.25. The van der Waals surface area contributed by atoms with Crippen LogP contribution in [0, 0.1) is 0 Å². The average Bonchev–Trinajstić information content (AvgIpc) is 2.33. The van der Waals surface area contributed by atoms with E-state index in [0.717, 1.165) is 29.4 Å². The van der Waals surface area contributed by atoms with Crippen LogP contribution in [0.4, 0.5) is 5.69 Å². The maximum Gasteiger partial charge on any atom is 0.0637 e. The molecule has 0 bridgehead atoms. The van der Waals surface area contributed by atoms with E-state index in [2.05, 4.69) is 43.1 Å². The van der Waals surface area contributed by atoms with E-state index in [0.29, 0.717) is 6.61 Å². The van der Waals surface area contributed by atoms with Crippen molar-refractivity contribution in [2.75, 3.05) is 32.2 Å². The molecule has 1 aromatic rings. The second-order valence-electron chi connectivity index (χ2n) is 5.79. The zero-order chi connectivity index (χ0) is 14.5. The predicted molar refractivity (Wildman–Crippen MR) is 83.2 cm³/mol. The second kappa shape index (κ2) is 7.13. The monoisotopic (exact) mass is 284 g/mol.